The number of aromatic nitrogens is 2. The van der Waals surface area contributed by atoms with Gasteiger partial charge in [-0.3, -0.25) is 9.48 Å². The smallest absolute Gasteiger partial charge is 0.172 e. The summed E-state index contributed by atoms with van der Waals surface area (Å²) in [4.78, 5) is 12.2. The van der Waals surface area contributed by atoms with E-state index in [1.54, 1.807) is 12.3 Å². The van der Waals surface area contributed by atoms with Gasteiger partial charge in [0.1, 0.15) is 5.76 Å². The number of hydrogen-bond acceptors (Lipinski definition) is 3. The van der Waals surface area contributed by atoms with Gasteiger partial charge in [-0.1, -0.05) is 6.92 Å². The Kier molecular flexibility index (Phi) is 3.65. The van der Waals surface area contributed by atoms with Gasteiger partial charge in [0.25, 0.3) is 0 Å². The minimum Gasteiger partial charge on any atom is -0.469 e. The Bertz CT molecular complexity index is 552. The zero-order chi connectivity index (χ0) is 13.1. The SMILES string of the molecule is CCc1occc1C(=O)Cc1cc(C)nn1CC. The van der Waals surface area contributed by atoms with Crippen molar-refractivity contribution in [2.24, 2.45) is 0 Å². The van der Waals surface area contributed by atoms with Crippen molar-refractivity contribution in [1.29, 1.82) is 0 Å². The number of carbonyl (C=O) groups is 1. The summed E-state index contributed by atoms with van der Waals surface area (Å²) in [5.41, 5.74) is 2.60. The first-order valence-corrected chi connectivity index (χ1v) is 6.28. The molecule has 0 fully saturated rings. The van der Waals surface area contributed by atoms with Gasteiger partial charge in [-0.2, -0.15) is 5.10 Å². The molecule has 0 saturated heterocycles. The summed E-state index contributed by atoms with van der Waals surface area (Å²) >= 11 is 0. The van der Waals surface area contributed by atoms with Crippen LogP contribution in [0, 0.1) is 6.92 Å². The lowest BCUT2D eigenvalue weighted by Crippen LogP contribution is -2.10. The molecule has 0 N–H and O–H groups in total. The fourth-order valence-electron chi connectivity index (χ4n) is 2.14. The van der Waals surface area contributed by atoms with Crippen LogP contribution in [0.15, 0.2) is 22.8 Å². The second-order valence-corrected chi connectivity index (χ2v) is 4.30. The normalized spacial score (nSPS) is 10.8. The molecular formula is C14H18N2O2. The molecule has 0 spiro atoms. The third-order valence-electron chi connectivity index (χ3n) is 2.99. The number of rotatable bonds is 5. The lowest BCUT2D eigenvalue weighted by atomic mass is 10.1. The number of carbonyl (C=O) groups excluding carboxylic acids is 1. The summed E-state index contributed by atoms with van der Waals surface area (Å²) in [6.45, 7) is 6.73. The van der Waals surface area contributed by atoms with E-state index in [1.807, 2.05) is 31.5 Å². The van der Waals surface area contributed by atoms with Gasteiger partial charge in [0.05, 0.1) is 23.9 Å². The minimum absolute atomic E-state index is 0.0928. The molecule has 18 heavy (non-hydrogen) atoms. The highest BCUT2D eigenvalue weighted by atomic mass is 16.3. The van der Waals surface area contributed by atoms with E-state index < -0.39 is 0 Å². The Morgan fingerprint density at radius 1 is 1.44 bits per heavy atom. The van der Waals surface area contributed by atoms with Crippen molar-refractivity contribution >= 4 is 5.78 Å². The largest absolute Gasteiger partial charge is 0.469 e. The maximum Gasteiger partial charge on any atom is 0.172 e. The first-order chi connectivity index (χ1) is 8.65. The fraction of sp³-hybridized carbons (Fsp3) is 0.429. The van der Waals surface area contributed by atoms with Crippen molar-refractivity contribution in [1.82, 2.24) is 9.78 Å². The highest BCUT2D eigenvalue weighted by molar-refractivity contribution is 5.98. The van der Waals surface area contributed by atoms with Crippen LogP contribution in [0.2, 0.25) is 0 Å². The highest BCUT2D eigenvalue weighted by Gasteiger charge is 2.16. The van der Waals surface area contributed by atoms with Crippen LogP contribution in [0.5, 0.6) is 0 Å². The zero-order valence-corrected chi connectivity index (χ0v) is 11.1. The summed E-state index contributed by atoms with van der Waals surface area (Å²) in [6, 6.07) is 3.72. The molecule has 96 valence electrons. The van der Waals surface area contributed by atoms with E-state index in [4.69, 9.17) is 4.42 Å². The highest BCUT2D eigenvalue weighted by Crippen LogP contribution is 2.15. The average Bonchev–Trinajstić information content (AvgIpc) is 2.95. The van der Waals surface area contributed by atoms with Crippen LogP contribution in [-0.2, 0) is 19.4 Å². The van der Waals surface area contributed by atoms with E-state index in [-0.39, 0.29) is 5.78 Å². The van der Waals surface area contributed by atoms with Crippen LogP contribution in [0.25, 0.3) is 0 Å². The van der Waals surface area contributed by atoms with Crippen molar-refractivity contribution in [2.75, 3.05) is 0 Å². The van der Waals surface area contributed by atoms with Crippen molar-refractivity contribution in [3.63, 3.8) is 0 Å². The predicted molar refractivity (Wildman–Crippen MR) is 68.8 cm³/mol. The Balaban J connectivity index is 2.21. The van der Waals surface area contributed by atoms with Gasteiger partial charge >= 0.3 is 0 Å². The van der Waals surface area contributed by atoms with Crippen LogP contribution in [0.1, 0.15) is 41.4 Å². The van der Waals surface area contributed by atoms with Crippen LogP contribution < -0.4 is 0 Å². The zero-order valence-electron chi connectivity index (χ0n) is 11.1. The van der Waals surface area contributed by atoms with Crippen LogP contribution >= 0.6 is 0 Å². The number of hydrogen-bond donors (Lipinski definition) is 0. The molecule has 0 aromatic carbocycles. The van der Waals surface area contributed by atoms with E-state index in [9.17, 15) is 4.79 Å². The first kappa shape index (κ1) is 12.6. The average molecular weight is 246 g/mol. The summed E-state index contributed by atoms with van der Waals surface area (Å²) in [5.74, 6) is 0.856. The number of ketones is 1. The van der Waals surface area contributed by atoms with Gasteiger partial charge in [0.2, 0.25) is 0 Å². The molecule has 0 aliphatic heterocycles. The van der Waals surface area contributed by atoms with E-state index in [0.717, 1.165) is 30.1 Å². The van der Waals surface area contributed by atoms with E-state index in [2.05, 4.69) is 5.10 Å². The third-order valence-corrected chi connectivity index (χ3v) is 2.99. The van der Waals surface area contributed by atoms with Crippen molar-refractivity contribution < 1.29 is 9.21 Å². The van der Waals surface area contributed by atoms with Gasteiger partial charge in [-0.25, -0.2) is 0 Å². The second-order valence-electron chi connectivity index (χ2n) is 4.30. The molecule has 0 atom stereocenters. The van der Waals surface area contributed by atoms with Crippen LogP contribution in [0.4, 0.5) is 0 Å². The Labute approximate surface area is 107 Å². The molecule has 0 radical (unpaired) electrons. The number of aryl methyl sites for hydroxylation is 3. The van der Waals surface area contributed by atoms with Gasteiger partial charge in [0, 0.05) is 18.7 Å². The molecule has 4 nitrogen and oxygen atoms in total. The van der Waals surface area contributed by atoms with E-state index >= 15 is 0 Å². The van der Waals surface area contributed by atoms with Crippen molar-refractivity contribution in [3.8, 4) is 0 Å². The van der Waals surface area contributed by atoms with E-state index in [0.29, 0.717) is 12.0 Å². The predicted octanol–water partition coefficient (Wildman–Crippen LogP) is 2.79. The molecule has 2 heterocycles. The second kappa shape index (κ2) is 5.21. The molecule has 2 aromatic heterocycles. The topological polar surface area (TPSA) is 48.0 Å². The Morgan fingerprint density at radius 2 is 2.22 bits per heavy atom. The van der Waals surface area contributed by atoms with Crippen molar-refractivity contribution in [3.05, 3.63) is 41.1 Å². The van der Waals surface area contributed by atoms with Crippen LogP contribution in [0.3, 0.4) is 0 Å². The number of furan rings is 1. The molecular weight excluding hydrogens is 228 g/mol. The molecule has 0 bridgehead atoms. The monoisotopic (exact) mass is 246 g/mol. The van der Waals surface area contributed by atoms with Crippen LogP contribution in [-0.4, -0.2) is 15.6 Å². The van der Waals surface area contributed by atoms with Gasteiger partial charge in [-0.05, 0) is 26.0 Å². The summed E-state index contributed by atoms with van der Waals surface area (Å²) in [6.07, 6.45) is 2.69. The molecule has 0 saturated carbocycles. The van der Waals surface area contributed by atoms with Gasteiger partial charge in [-0.15, -0.1) is 0 Å². The van der Waals surface area contributed by atoms with Gasteiger partial charge < -0.3 is 4.42 Å². The lowest BCUT2D eigenvalue weighted by Gasteiger charge is -2.03. The maximum atomic E-state index is 12.2. The molecule has 4 heteroatoms. The Morgan fingerprint density at radius 3 is 2.89 bits per heavy atom. The quantitative estimate of drug-likeness (QED) is 0.762. The van der Waals surface area contributed by atoms with E-state index in [1.165, 1.54) is 0 Å². The summed E-state index contributed by atoms with van der Waals surface area (Å²) < 4.78 is 7.17. The maximum absolute atomic E-state index is 12.2. The minimum atomic E-state index is 0.0928. The fourth-order valence-corrected chi connectivity index (χ4v) is 2.14. The molecule has 0 aliphatic rings. The molecule has 2 rings (SSSR count). The number of Topliss-reactive ketones (excluding diaryl/α,β-unsaturated/α-hetero) is 1. The Hall–Kier alpha value is -1.84. The summed E-state index contributed by atoms with van der Waals surface area (Å²) in [5, 5.41) is 4.35. The molecule has 2 aromatic rings. The standard InChI is InChI=1S/C14H18N2O2/c1-4-14-12(6-7-18-14)13(17)9-11-8-10(3)15-16(11)5-2/h6-8H,4-5,9H2,1-3H3. The molecule has 0 aliphatic carbocycles. The number of nitrogens with zero attached hydrogens (tertiary/aromatic N) is 2. The lowest BCUT2D eigenvalue weighted by molar-refractivity contribution is 0.0988. The molecule has 0 amide bonds. The molecule has 0 unspecified atom stereocenters. The van der Waals surface area contributed by atoms with Crippen molar-refractivity contribution in [2.45, 2.75) is 40.2 Å². The third kappa shape index (κ3) is 2.37. The summed E-state index contributed by atoms with van der Waals surface area (Å²) in [7, 11) is 0. The first-order valence-electron chi connectivity index (χ1n) is 6.28. The van der Waals surface area contributed by atoms with Gasteiger partial charge in [0.15, 0.2) is 5.78 Å².